The highest BCUT2D eigenvalue weighted by molar-refractivity contribution is 5.83. The standard InChI is InChI=1S/C17H19N5O3/c1-4-10-12-13(25-17(2,3)24-12)16(23-10)22-8-20-11-14(21-9-5-6-9)18-7-19-15(11)22/h1,7-10,12-13,16H,5-6H2,2-3H3,(H,18,19,21)/t10-,12-,13-,16-/m1/s1. The molecule has 0 unspecified atom stereocenters. The lowest BCUT2D eigenvalue weighted by Gasteiger charge is -2.23. The van der Waals surface area contributed by atoms with E-state index in [0.29, 0.717) is 11.7 Å². The van der Waals surface area contributed by atoms with Gasteiger partial charge < -0.3 is 19.5 Å². The normalized spacial score (nSPS) is 33.3. The second kappa shape index (κ2) is 5.14. The molecule has 0 amide bonds. The van der Waals surface area contributed by atoms with Crippen LogP contribution in [-0.4, -0.2) is 49.7 Å². The highest BCUT2D eigenvalue weighted by atomic mass is 16.8. The summed E-state index contributed by atoms with van der Waals surface area (Å²) >= 11 is 0. The first-order valence-corrected chi connectivity index (χ1v) is 8.47. The molecule has 4 atom stereocenters. The first kappa shape index (κ1) is 15.1. The third-order valence-electron chi connectivity index (χ3n) is 4.74. The van der Waals surface area contributed by atoms with Crippen molar-refractivity contribution in [3.05, 3.63) is 12.7 Å². The largest absolute Gasteiger partial charge is 0.365 e. The van der Waals surface area contributed by atoms with Gasteiger partial charge in [0.1, 0.15) is 24.6 Å². The van der Waals surface area contributed by atoms with Crippen molar-refractivity contribution in [1.29, 1.82) is 0 Å². The Bertz CT molecular complexity index is 869. The minimum Gasteiger partial charge on any atom is -0.365 e. The zero-order valence-corrected chi connectivity index (χ0v) is 14.0. The number of anilines is 1. The van der Waals surface area contributed by atoms with Gasteiger partial charge in [0.2, 0.25) is 0 Å². The van der Waals surface area contributed by atoms with Crippen LogP contribution in [0.5, 0.6) is 0 Å². The van der Waals surface area contributed by atoms with Crippen molar-refractivity contribution < 1.29 is 14.2 Å². The van der Waals surface area contributed by atoms with Crippen molar-refractivity contribution in [3.8, 4) is 12.3 Å². The molecule has 1 saturated carbocycles. The molecule has 0 bridgehead atoms. The molecule has 3 fully saturated rings. The van der Waals surface area contributed by atoms with Gasteiger partial charge in [-0.1, -0.05) is 5.92 Å². The molecule has 1 N–H and O–H groups in total. The molecule has 25 heavy (non-hydrogen) atoms. The fourth-order valence-electron chi connectivity index (χ4n) is 3.50. The van der Waals surface area contributed by atoms with Gasteiger partial charge in [0.05, 0.1) is 6.33 Å². The SMILES string of the molecule is C#C[C@H]1O[C@@H](n2cnc3c(NC4CC4)ncnc32)[C@@H]2OC(C)(C)O[C@@H]21. The van der Waals surface area contributed by atoms with Crippen LogP contribution in [0.15, 0.2) is 12.7 Å². The second-order valence-electron chi connectivity index (χ2n) is 7.14. The minimum absolute atomic E-state index is 0.312. The van der Waals surface area contributed by atoms with Gasteiger partial charge in [0.25, 0.3) is 0 Å². The van der Waals surface area contributed by atoms with Crippen molar-refractivity contribution in [3.63, 3.8) is 0 Å². The van der Waals surface area contributed by atoms with E-state index in [1.165, 1.54) is 6.33 Å². The predicted molar refractivity (Wildman–Crippen MR) is 88.5 cm³/mol. The summed E-state index contributed by atoms with van der Waals surface area (Å²) in [4.78, 5) is 13.2. The van der Waals surface area contributed by atoms with Crippen molar-refractivity contribution in [2.24, 2.45) is 0 Å². The van der Waals surface area contributed by atoms with Gasteiger partial charge in [-0.2, -0.15) is 0 Å². The minimum atomic E-state index is -0.698. The van der Waals surface area contributed by atoms with Crippen LogP contribution >= 0.6 is 0 Å². The number of hydrogen-bond acceptors (Lipinski definition) is 7. The summed E-state index contributed by atoms with van der Waals surface area (Å²) in [5.41, 5.74) is 1.41. The van der Waals surface area contributed by atoms with Crippen molar-refractivity contribution >= 4 is 17.0 Å². The Kier molecular flexibility index (Phi) is 3.10. The number of imidazole rings is 1. The van der Waals surface area contributed by atoms with Gasteiger partial charge in [0.15, 0.2) is 29.0 Å². The molecule has 8 nitrogen and oxygen atoms in total. The number of nitrogens with one attached hydrogen (secondary N) is 1. The number of aromatic nitrogens is 4. The van der Waals surface area contributed by atoms with Crippen molar-refractivity contribution in [1.82, 2.24) is 19.5 Å². The highest BCUT2D eigenvalue weighted by Crippen LogP contribution is 2.43. The van der Waals surface area contributed by atoms with Crippen LogP contribution in [-0.2, 0) is 14.2 Å². The van der Waals surface area contributed by atoms with E-state index in [9.17, 15) is 0 Å². The number of fused-ring (bicyclic) bond motifs is 2. The van der Waals surface area contributed by atoms with Gasteiger partial charge in [-0.25, -0.2) is 15.0 Å². The van der Waals surface area contributed by atoms with Crippen molar-refractivity contribution in [2.75, 3.05) is 5.32 Å². The number of rotatable bonds is 3. The quantitative estimate of drug-likeness (QED) is 0.846. The number of ether oxygens (including phenoxy) is 3. The van der Waals surface area contributed by atoms with E-state index in [-0.39, 0.29) is 12.2 Å². The van der Waals surface area contributed by atoms with E-state index >= 15 is 0 Å². The van der Waals surface area contributed by atoms with Crippen LogP contribution in [0.4, 0.5) is 5.82 Å². The molecular weight excluding hydrogens is 322 g/mol. The lowest BCUT2D eigenvalue weighted by molar-refractivity contribution is -0.190. The molecule has 8 heteroatoms. The molecule has 0 aromatic carbocycles. The zero-order chi connectivity index (χ0) is 17.2. The third-order valence-corrected chi connectivity index (χ3v) is 4.74. The lowest BCUT2D eigenvalue weighted by Crippen LogP contribution is -2.28. The number of terminal acetylenes is 1. The van der Waals surface area contributed by atoms with Crippen LogP contribution in [0.3, 0.4) is 0 Å². The van der Waals surface area contributed by atoms with Gasteiger partial charge in [-0.3, -0.25) is 4.57 Å². The Morgan fingerprint density at radius 1 is 1.24 bits per heavy atom. The maximum Gasteiger partial charge on any atom is 0.167 e. The zero-order valence-electron chi connectivity index (χ0n) is 14.0. The molecule has 130 valence electrons. The van der Waals surface area contributed by atoms with Crippen LogP contribution in [0, 0.1) is 12.3 Å². The Morgan fingerprint density at radius 2 is 2.04 bits per heavy atom. The summed E-state index contributed by atoms with van der Waals surface area (Å²) in [5, 5.41) is 3.39. The lowest BCUT2D eigenvalue weighted by atomic mass is 10.1. The Hall–Kier alpha value is -2.21. The number of nitrogens with zero attached hydrogens (tertiary/aromatic N) is 4. The van der Waals surface area contributed by atoms with Crippen LogP contribution < -0.4 is 5.32 Å². The van der Waals surface area contributed by atoms with E-state index in [1.807, 2.05) is 18.4 Å². The highest BCUT2D eigenvalue weighted by Gasteiger charge is 2.55. The van der Waals surface area contributed by atoms with E-state index in [4.69, 9.17) is 20.6 Å². The van der Waals surface area contributed by atoms with E-state index in [1.54, 1.807) is 6.33 Å². The summed E-state index contributed by atoms with van der Waals surface area (Å²) < 4.78 is 19.8. The monoisotopic (exact) mass is 341 g/mol. The maximum absolute atomic E-state index is 6.04. The molecule has 4 heterocycles. The molecule has 1 aliphatic carbocycles. The number of hydrogen-bond donors (Lipinski definition) is 1. The van der Waals surface area contributed by atoms with Gasteiger partial charge in [-0.15, -0.1) is 6.42 Å². The van der Waals surface area contributed by atoms with Crippen LogP contribution in [0.2, 0.25) is 0 Å². The molecule has 2 saturated heterocycles. The molecule has 3 aliphatic rings. The van der Waals surface area contributed by atoms with Gasteiger partial charge in [0, 0.05) is 6.04 Å². The summed E-state index contributed by atoms with van der Waals surface area (Å²) in [5.74, 6) is 2.70. The first-order chi connectivity index (χ1) is 12.1. The van der Waals surface area contributed by atoms with Gasteiger partial charge in [-0.05, 0) is 26.7 Å². The topological polar surface area (TPSA) is 83.3 Å². The molecule has 0 radical (unpaired) electrons. The Balaban J connectivity index is 1.53. The van der Waals surface area contributed by atoms with Crippen molar-refractivity contribution in [2.45, 2.75) is 63.1 Å². The van der Waals surface area contributed by atoms with E-state index in [0.717, 1.165) is 24.2 Å². The molecule has 2 aromatic heterocycles. The first-order valence-electron chi connectivity index (χ1n) is 8.47. The molecule has 2 aromatic rings. The summed E-state index contributed by atoms with van der Waals surface area (Å²) in [6.45, 7) is 3.75. The smallest absolute Gasteiger partial charge is 0.167 e. The Labute approximate surface area is 144 Å². The molecule has 2 aliphatic heterocycles. The predicted octanol–water partition coefficient (Wildman–Crippen LogP) is 1.45. The average Bonchev–Trinajstić information content (AvgIpc) is 3.05. The van der Waals surface area contributed by atoms with E-state index in [2.05, 4.69) is 26.2 Å². The third kappa shape index (κ3) is 2.39. The fourth-order valence-corrected chi connectivity index (χ4v) is 3.50. The molecule has 5 rings (SSSR count). The maximum atomic E-state index is 6.04. The summed E-state index contributed by atoms with van der Waals surface area (Å²) in [6, 6.07) is 0.480. The second-order valence-corrected chi connectivity index (χ2v) is 7.14. The summed E-state index contributed by atoms with van der Waals surface area (Å²) in [7, 11) is 0. The summed E-state index contributed by atoms with van der Waals surface area (Å²) in [6.07, 6.45) is 9.63. The van der Waals surface area contributed by atoms with Crippen LogP contribution in [0.1, 0.15) is 32.9 Å². The Morgan fingerprint density at radius 3 is 2.80 bits per heavy atom. The van der Waals surface area contributed by atoms with Crippen LogP contribution in [0.25, 0.3) is 11.2 Å². The van der Waals surface area contributed by atoms with E-state index < -0.39 is 18.1 Å². The molecule has 0 spiro atoms. The van der Waals surface area contributed by atoms with Gasteiger partial charge >= 0.3 is 0 Å². The molecular formula is C17H19N5O3. The average molecular weight is 341 g/mol. The fraction of sp³-hybridized carbons (Fsp3) is 0.588.